The van der Waals surface area contributed by atoms with Crippen LogP contribution in [-0.2, 0) is 6.54 Å². The topological polar surface area (TPSA) is 70.4 Å². The van der Waals surface area contributed by atoms with Crippen LogP contribution in [0, 0.1) is 0 Å². The Kier molecular flexibility index (Phi) is 3.85. The van der Waals surface area contributed by atoms with E-state index in [1.54, 1.807) is 17.4 Å². The number of carbonyl (C=O) groups is 1. The van der Waals surface area contributed by atoms with E-state index in [1.807, 2.05) is 49.4 Å². The molecule has 1 aromatic carbocycles. The van der Waals surface area contributed by atoms with Crippen LogP contribution >= 0.6 is 0 Å². The van der Waals surface area contributed by atoms with Crippen molar-refractivity contribution in [1.82, 2.24) is 9.88 Å². The summed E-state index contributed by atoms with van der Waals surface area (Å²) in [6.07, 6.45) is 3.36. The van der Waals surface area contributed by atoms with Gasteiger partial charge in [-0.05, 0) is 49.4 Å². The maximum absolute atomic E-state index is 12.0. The molecule has 0 bridgehead atoms. The molecule has 126 valence electrons. The molecule has 3 heterocycles. The molecule has 3 aromatic rings. The smallest absolute Gasteiger partial charge is 0.323 e. The molecule has 1 aliphatic heterocycles. The van der Waals surface area contributed by atoms with E-state index in [9.17, 15) is 4.79 Å². The summed E-state index contributed by atoms with van der Waals surface area (Å²) in [4.78, 5) is 18.0. The van der Waals surface area contributed by atoms with E-state index in [4.69, 9.17) is 4.42 Å². The number of urea groups is 1. The maximum atomic E-state index is 12.0. The Bertz CT molecular complexity index is 888. The number of aromatic nitrogens is 1. The molecule has 6 heteroatoms. The Labute approximate surface area is 145 Å². The highest BCUT2D eigenvalue weighted by atomic mass is 16.3. The van der Waals surface area contributed by atoms with Crippen LogP contribution in [-0.4, -0.2) is 22.5 Å². The van der Waals surface area contributed by atoms with Crippen molar-refractivity contribution in [3.05, 3.63) is 60.5 Å². The second-order valence-corrected chi connectivity index (χ2v) is 5.81. The van der Waals surface area contributed by atoms with Crippen LogP contribution in [0.3, 0.4) is 0 Å². The average molecular weight is 334 g/mol. The lowest BCUT2D eigenvalue weighted by Crippen LogP contribution is -2.39. The van der Waals surface area contributed by atoms with Crippen LogP contribution < -0.4 is 10.6 Å². The third kappa shape index (κ3) is 2.94. The lowest BCUT2D eigenvalue weighted by molar-refractivity contribution is 0.209. The number of nitrogens with zero attached hydrogens (tertiary/aromatic N) is 2. The zero-order valence-corrected chi connectivity index (χ0v) is 13.8. The standard InChI is InChI=1S/C19H18N4O2/c1-2-23-12-15-16(9-10-20-18(15)22-19(23)24)21-14-7-5-13(6-8-14)17-4-3-11-25-17/h3-11H,2,12H2,1H3,(H2,20,21,22,24). The fourth-order valence-corrected chi connectivity index (χ4v) is 2.89. The second kappa shape index (κ2) is 6.32. The molecule has 0 saturated heterocycles. The van der Waals surface area contributed by atoms with Crippen molar-refractivity contribution in [2.45, 2.75) is 13.5 Å². The fraction of sp³-hybridized carbons (Fsp3) is 0.158. The van der Waals surface area contributed by atoms with Gasteiger partial charge in [0.1, 0.15) is 11.6 Å². The van der Waals surface area contributed by atoms with Gasteiger partial charge in [0.2, 0.25) is 0 Å². The van der Waals surface area contributed by atoms with Crippen molar-refractivity contribution in [3.63, 3.8) is 0 Å². The van der Waals surface area contributed by atoms with Gasteiger partial charge < -0.3 is 14.6 Å². The van der Waals surface area contributed by atoms with Gasteiger partial charge >= 0.3 is 6.03 Å². The molecule has 0 saturated carbocycles. The number of amides is 2. The summed E-state index contributed by atoms with van der Waals surface area (Å²) in [5, 5.41) is 6.25. The number of hydrogen-bond acceptors (Lipinski definition) is 4. The molecule has 6 nitrogen and oxygen atoms in total. The predicted molar refractivity (Wildman–Crippen MR) is 96.8 cm³/mol. The second-order valence-electron chi connectivity index (χ2n) is 5.81. The third-order valence-electron chi connectivity index (χ3n) is 4.27. The Hall–Kier alpha value is -3.28. The Balaban J connectivity index is 1.59. The van der Waals surface area contributed by atoms with Crippen molar-refractivity contribution in [2.75, 3.05) is 17.2 Å². The van der Waals surface area contributed by atoms with Gasteiger partial charge in [-0.2, -0.15) is 0 Å². The lowest BCUT2D eigenvalue weighted by Gasteiger charge is -2.29. The summed E-state index contributed by atoms with van der Waals surface area (Å²) in [7, 11) is 0. The Morgan fingerprint density at radius 3 is 2.80 bits per heavy atom. The third-order valence-corrected chi connectivity index (χ3v) is 4.27. The van der Waals surface area contributed by atoms with Gasteiger partial charge in [-0.15, -0.1) is 0 Å². The minimum atomic E-state index is -0.109. The van der Waals surface area contributed by atoms with E-state index < -0.39 is 0 Å². The van der Waals surface area contributed by atoms with E-state index in [0.29, 0.717) is 18.9 Å². The largest absolute Gasteiger partial charge is 0.464 e. The van der Waals surface area contributed by atoms with Gasteiger partial charge in [0, 0.05) is 35.2 Å². The maximum Gasteiger partial charge on any atom is 0.323 e. The first-order chi connectivity index (χ1) is 12.2. The summed E-state index contributed by atoms with van der Waals surface area (Å²) >= 11 is 0. The molecule has 1 aliphatic rings. The van der Waals surface area contributed by atoms with Crippen LogP contribution in [0.2, 0.25) is 0 Å². The molecule has 0 fully saturated rings. The highest BCUT2D eigenvalue weighted by Gasteiger charge is 2.24. The van der Waals surface area contributed by atoms with Crippen LogP contribution in [0.5, 0.6) is 0 Å². The monoisotopic (exact) mass is 334 g/mol. The highest BCUT2D eigenvalue weighted by molar-refractivity contribution is 5.92. The molecule has 0 spiro atoms. The van der Waals surface area contributed by atoms with Gasteiger partial charge in [0.15, 0.2) is 0 Å². The number of fused-ring (bicyclic) bond motifs is 1. The molecule has 25 heavy (non-hydrogen) atoms. The number of pyridine rings is 1. The van der Waals surface area contributed by atoms with Crippen molar-refractivity contribution in [2.24, 2.45) is 0 Å². The van der Waals surface area contributed by atoms with E-state index >= 15 is 0 Å². The van der Waals surface area contributed by atoms with Crippen LogP contribution in [0.15, 0.2) is 59.3 Å². The molecular formula is C19H18N4O2. The average Bonchev–Trinajstić information content (AvgIpc) is 3.17. The molecule has 4 rings (SSSR count). The first kappa shape index (κ1) is 15.3. The van der Waals surface area contributed by atoms with Crippen molar-refractivity contribution >= 4 is 23.2 Å². The molecule has 2 N–H and O–H groups in total. The number of hydrogen-bond donors (Lipinski definition) is 2. The number of carbonyl (C=O) groups excluding carboxylic acids is 1. The summed E-state index contributed by atoms with van der Waals surface area (Å²) in [6, 6.07) is 13.6. The summed E-state index contributed by atoms with van der Waals surface area (Å²) < 4.78 is 5.41. The predicted octanol–water partition coefficient (Wildman–Crippen LogP) is 4.45. The summed E-state index contributed by atoms with van der Waals surface area (Å²) in [5.41, 5.74) is 3.91. The number of rotatable bonds is 4. The molecule has 0 aliphatic carbocycles. The zero-order chi connectivity index (χ0) is 17.2. The van der Waals surface area contributed by atoms with Gasteiger partial charge in [0.25, 0.3) is 0 Å². The first-order valence-electron chi connectivity index (χ1n) is 8.19. The zero-order valence-electron chi connectivity index (χ0n) is 13.8. The van der Waals surface area contributed by atoms with E-state index in [-0.39, 0.29) is 6.03 Å². The first-order valence-corrected chi connectivity index (χ1v) is 8.19. The molecular weight excluding hydrogens is 316 g/mol. The quantitative estimate of drug-likeness (QED) is 0.739. The molecule has 0 atom stereocenters. The van der Waals surface area contributed by atoms with Crippen LogP contribution in [0.4, 0.5) is 22.0 Å². The van der Waals surface area contributed by atoms with Gasteiger partial charge in [-0.1, -0.05) is 0 Å². The summed E-state index contributed by atoms with van der Waals surface area (Å²) in [6.45, 7) is 3.15. The Morgan fingerprint density at radius 1 is 1.24 bits per heavy atom. The molecule has 2 amide bonds. The fourth-order valence-electron chi connectivity index (χ4n) is 2.89. The number of furan rings is 1. The minimum Gasteiger partial charge on any atom is -0.464 e. The van der Waals surface area contributed by atoms with Crippen LogP contribution in [0.25, 0.3) is 11.3 Å². The molecule has 0 radical (unpaired) electrons. The van der Waals surface area contributed by atoms with Gasteiger partial charge in [-0.3, -0.25) is 5.32 Å². The number of anilines is 3. The number of nitrogens with one attached hydrogen (secondary N) is 2. The normalized spacial score (nSPS) is 13.3. The molecule has 2 aromatic heterocycles. The van der Waals surface area contributed by atoms with Gasteiger partial charge in [0.05, 0.1) is 12.8 Å². The lowest BCUT2D eigenvalue weighted by atomic mass is 10.1. The molecule has 0 unspecified atom stereocenters. The summed E-state index contributed by atoms with van der Waals surface area (Å²) in [5.74, 6) is 1.46. The van der Waals surface area contributed by atoms with Crippen molar-refractivity contribution in [1.29, 1.82) is 0 Å². The van der Waals surface area contributed by atoms with Crippen molar-refractivity contribution < 1.29 is 9.21 Å². The SMILES string of the molecule is CCN1Cc2c(Nc3ccc(-c4ccco4)cc3)ccnc2NC1=O. The van der Waals surface area contributed by atoms with E-state index in [1.165, 1.54) is 0 Å². The van der Waals surface area contributed by atoms with Crippen molar-refractivity contribution in [3.8, 4) is 11.3 Å². The van der Waals surface area contributed by atoms with Crippen LogP contribution in [0.1, 0.15) is 12.5 Å². The minimum absolute atomic E-state index is 0.109. The number of benzene rings is 1. The Morgan fingerprint density at radius 2 is 2.08 bits per heavy atom. The van der Waals surface area contributed by atoms with E-state index in [2.05, 4.69) is 15.6 Å². The van der Waals surface area contributed by atoms with E-state index in [0.717, 1.165) is 28.3 Å². The highest BCUT2D eigenvalue weighted by Crippen LogP contribution is 2.30. The van der Waals surface area contributed by atoms with Gasteiger partial charge in [-0.25, -0.2) is 9.78 Å².